The van der Waals surface area contributed by atoms with Crippen LogP contribution in [0.1, 0.15) is 25.7 Å². The molecular formula is C14H21N5O. The molecule has 1 saturated carbocycles. The number of ether oxygens (including phenoxy) is 1. The molecule has 2 rings (SSSR count). The van der Waals surface area contributed by atoms with Crippen molar-refractivity contribution in [3.05, 3.63) is 24.3 Å². The Balaban J connectivity index is 1.95. The molecule has 1 aromatic rings. The molecule has 0 atom stereocenters. The van der Waals surface area contributed by atoms with E-state index in [1.54, 1.807) is 7.11 Å². The Hall–Kier alpha value is -2.24. The summed E-state index contributed by atoms with van der Waals surface area (Å²) < 4.78 is 5.08. The highest BCUT2D eigenvalue weighted by Crippen LogP contribution is 2.20. The molecule has 1 aromatic carbocycles. The SMILES string of the molecule is COc1ccc(N/C(N)=N/C(N)=NC2CCCC2)cc1. The van der Waals surface area contributed by atoms with Crippen LogP contribution in [0.15, 0.2) is 34.3 Å². The number of rotatable bonds is 3. The van der Waals surface area contributed by atoms with Crippen molar-refractivity contribution >= 4 is 17.6 Å². The smallest absolute Gasteiger partial charge is 0.218 e. The van der Waals surface area contributed by atoms with E-state index in [1.165, 1.54) is 12.8 Å². The number of aliphatic imine (C=N–C) groups is 2. The highest BCUT2D eigenvalue weighted by atomic mass is 16.5. The molecule has 108 valence electrons. The molecule has 0 unspecified atom stereocenters. The van der Waals surface area contributed by atoms with Crippen molar-refractivity contribution in [2.75, 3.05) is 12.4 Å². The van der Waals surface area contributed by atoms with Gasteiger partial charge in [-0.05, 0) is 37.1 Å². The molecule has 1 aliphatic carbocycles. The standard InChI is InChI=1S/C14H21N5O/c1-20-12-8-6-11(7-9-12)18-14(16)19-13(15)17-10-4-2-3-5-10/h6-10H,2-5H2,1H3,(H5,15,16,17,18,19). The molecule has 0 aliphatic heterocycles. The minimum atomic E-state index is 0.231. The fourth-order valence-corrected chi connectivity index (χ4v) is 2.22. The number of hydrogen-bond donors (Lipinski definition) is 3. The van der Waals surface area contributed by atoms with E-state index in [4.69, 9.17) is 16.2 Å². The zero-order chi connectivity index (χ0) is 14.4. The van der Waals surface area contributed by atoms with Crippen LogP contribution in [0.25, 0.3) is 0 Å². The lowest BCUT2D eigenvalue weighted by molar-refractivity contribution is 0.415. The lowest BCUT2D eigenvalue weighted by atomic mass is 10.3. The molecule has 0 saturated heterocycles. The van der Waals surface area contributed by atoms with Crippen molar-refractivity contribution in [1.29, 1.82) is 0 Å². The number of methoxy groups -OCH3 is 1. The Kier molecular flexibility index (Phi) is 4.81. The molecule has 0 heterocycles. The van der Waals surface area contributed by atoms with Gasteiger partial charge in [0.05, 0.1) is 13.2 Å². The van der Waals surface area contributed by atoms with Gasteiger partial charge in [-0.2, -0.15) is 4.99 Å². The zero-order valence-corrected chi connectivity index (χ0v) is 11.7. The van der Waals surface area contributed by atoms with Crippen molar-refractivity contribution < 1.29 is 4.74 Å². The van der Waals surface area contributed by atoms with Crippen molar-refractivity contribution in [3.63, 3.8) is 0 Å². The maximum absolute atomic E-state index is 5.80. The normalized spacial score (nSPS) is 17.2. The first-order valence-corrected chi connectivity index (χ1v) is 6.76. The van der Waals surface area contributed by atoms with E-state index in [0.717, 1.165) is 24.3 Å². The van der Waals surface area contributed by atoms with Crippen LogP contribution in [-0.2, 0) is 0 Å². The van der Waals surface area contributed by atoms with Gasteiger partial charge in [0.25, 0.3) is 0 Å². The summed E-state index contributed by atoms with van der Waals surface area (Å²) >= 11 is 0. The highest BCUT2D eigenvalue weighted by Gasteiger charge is 2.13. The zero-order valence-electron chi connectivity index (χ0n) is 11.7. The van der Waals surface area contributed by atoms with Gasteiger partial charge in [0.15, 0.2) is 0 Å². The van der Waals surface area contributed by atoms with Gasteiger partial charge in [-0.25, -0.2) is 4.99 Å². The third-order valence-corrected chi connectivity index (χ3v) is 3.24. The second kappa shape index (κ2) is 6.79. The van der Waals surface area contributed by atoms with Crippen molar-refractivity contribution in [2.45, 2.75) is 31.7 Å². The molecule has 1 fully saturated rings. The minimum Gasteiger partial charge on any atom is -0.497 e. The number of benzene rings is 1. The molecule has 0 amide bonds. The monoisotopic (exact) mass is 275 g/mol. The molecular weight excluding hydrogens is 254 g/mol. The Bertz CT molecular complexity index is 489. The van der Waals surface area contributed by atoms with Gasteiger partial charge in [-0.15, -0.1) is 0 Å². The van der Waals surface area contributed by atoms with E-state index in [1.807, 2.05) is 24.3 Å². The molecule has 6 heteroatoms. The first kappa shape index (κ1) is 14.2. The average molecular weight is 275 g/mol. The van der Waals surface area contributed by atoms with Crippen LogP contribution in [0.4, 0.5) is 5.69 Å². The number of anilines is 1. The molecule has 0 bridgehead atoms. The second-order valence-electron chi connectivity index (χ2n) is 4.78. The Morgan fingerprint density at radius 3 is 2.45 bits per heavy atom. The van der Waals surface area contributed by atoms with Gasteiger partial charge < -0.3 is 21.5 Å². The molecule has 1 aliphatic rings. The lowest BCUT2D eigenvalue weighted by Crippen LogP contribution is -2.26. The third kappa shape index (κ3) is 4.15. The van der Waals surface area contributed by atoms with Crippen molar-refractivity contribution in [1.82, 2.24) is 0 Å². The second-order valence-corrected chi connectivity index (χ2v) is 4.78. The maximum atomic E-state index is 5.80. The highest BCUT2D eigenvalue weighted by molar-refractivity contribution is 6.00. The van der Waals surface area contributed by atoms with E-state index in [0.29, 0.717) is 6.04 Å². The summed E-state index contributed by atoms with van der Waals surface area (Å²) in [7, 11) is 1.62. The van der Waals surface area contributed by atoms with E-state index in [9.17, 15) is 0 Å². The largest absolute Gasteiger partial charge is 0.497 e. The van der Waals surface area contributed by atoms with Crippen LogP contribution in [0, 0.1) is 0 Å². The molecule has 6 nitrogen and oxygen atoms in total. The van der Waals surface area contributed by atoms with Gasteiger partial charge in [-0.1, -0.05) is 12.8 Å². The van der Waals surface area contributed by atoms with Crippen molar-refractivity contribution in [2.24, 2.45) is 21.5 Å². The molecule has 0 radical (unpaired) electrons. The number of guanidine groups is 2. The Morgan fingerprint density at radius 2 is 1.85 bits per heavy atom. The quantitative estimate of drug-likeness (QED) is 0.577. The van der Waals surface area contributed by atoms with Gasteiger partial charge in [0.2, 0.25) is 11.9 Å². The van der Waals surface area contributed by atoms with E-state index in [-0.39, 0.29) is 11.9 Å². The Labute approximate surface area is 118 Å². The fourth-order valence-electron chi connectivity index (χ4n) is 2.22. The van der Waals surface area contributed by atoms with Gasteiger partial charge in [0, 0.05) is 5.69 Å². The van der Waals surface area contributed by atoms with Gasteiger partial charge in [-0.3, -0.25) is 0 Å². The lowest BCUT2D eigenvalue weighted by Gasteiger charge is -2.07. The van der Waals surface area contributed by atoms with E-state index >= 15 is 0 Å². The molecule has 0 aromatic heterocycles. The summed E-state index contributed by atoms with van der Waals surface area (Å²) in [5.41, 5.74) is 12.4. The van der Waals surface area contributed by atoms with E-state index < -0.39 is 0 Å². The minimum absolute atomic E-state index is 0.231. The maximum Gasteiger partial charge on any atom is 0.218 e. The number of nitrogens with one attached hydrogen (secondary N) is 1. The summed E-state index contributed by atoms with van der Waals surface area (Å²) in [5.74, 6) is 1.25. The van der Waals surface area contributed by atoms with Crippen LogP contribution in [0.3, 0.4) is 0 Å². The summed E-state index contributed by atoms with van der Waals surface area (Å²) in [6.07, 6.45) is 4.60. The van der Waals surface area contributed by atoms with Gasteiger partial charge >= 0.3 is 0 Å². The first-order chi connectivity index (χ1) is 9.67. The summed E-state index contributed by atoms with van der Waals surface area (Å²) in [6.45, 7) is 0. The predicted octanol–water partition coefficient (Wildman–Crippen LogP) is 1.68. The summed E-state index contributed by atoms with van der Waals surface area (Å²) in [6, 6.07) is 7.68. The number of hydrogen-bond acceptors (Lipinski definition) is 2. The van der Waals surface area contributed by atoms with Gasteiger partial charge in [0.1, 0.15) is 5.75 Å². The molecule has 5 N–H and O–H groups in total. The Morgan fingerprint density at radius 1 is 1.20 bits per heavy atom. The third-order valence-electron chi connectivity index (χ3n) is 3.24. The van der Waals surface area contributed by atoms with E-state index in [2.05, 4.69) is 15.3 Å². The molecule has 0 spiro atoms. The summed E-state index contributed by atoms with van der Waals surface area (Å²) in [5, 5.41) is 2.96. The van der Waals surface area contributed by atoms with Crippen LogP contribution < -0.4 is 21.5 Å². The number of nitrogens with two attached hydrogens (primary N) is 2. The number of nitrogens with zero attached hydrogens (tertiary/aromatic N) is 2. The average Bonchev–Trinajstić information content (AvgIpc) is 2.92. The van der Waals surface area contributed by atoms with Crippen LogP contribution in [0.2, 0.25) is 0 Å². The topological polar surface area (TPSA) is 98.0 Å². The predicted molar refractivity (Wildman–Crippen MR) is 82.1 cm³/mol. The first-order valence-electron chi connectivity index (χ1n) is 6.76. The van der Waals surface area contributed by atoms with Crippen molar-refractivity contribution in [3.8, 4) is 5.75 Å². The van der Waals surface area contributed by atoms with Crippen LogP contribution >= 0.6 is 0 Å². The van der Waals surface area contributed by atoms with Crippen LogP contribution in [0.5, 0.6) is 5.75 Å². The van der Waals surface area contributed by atoms with Crippen LogP contribution in [-0.4, -0.2) is 25.1 Å². The molecule has 20 heavy (non-hydrogen) atoms. The fraction of sp³-hybridized carbons (Fsp3) is 0.429. The summed E-state index contributed by atoms with van der Waals surface area (Å²) in [4.78, 5) is 8.41.